The zero-order chi connectivity index (χ0) is 6.69. The summed E-state index contributed by atoms with van der Waals surface area (Å²) in [5, 5.41) is 2.79. The lowest BCUT2D eigenvalue weighted by Crippen LogP contribution is -2.48. The maximum Gasteiger partial charge on any atom is 0.222 e. The Labute approximate surface area is 54.9 Å². The molecule has 1 amide bonds. The smallest absolute Gasteiger partial charge is 0.222 e. The molecule has 9 heavy (non-hydrogen) atoms. The van der Waals surface area contributed by atoms with E-state index in [4.69, 9.17) is 0 Å². The number of amides is 1. The Bertz CT molecular complexity index is 123. The highest BCUT2D eigenvalue weighted by Gasteiger charge is 2.23. The molecule has 0 radical (unpaired) electrons. The first-order valence-electron chi connectivity index (χ1n) is 3.23. The minimum atomic E-state index is 0.184. The fourth-order valence-corrected chi connectivity index (χ4v) is 0.924. The van der Waals surface area contributed by atoms with Gasteiger partial charge in [0.05, 0.1) is 0 Å². The van der Waals surface area contributed by atoms with Gasteiger partial charge in [-0.2, -0.15) is 0 Å². The summed E-state index contributed by atoms with van der Waals surface area (Å²) in [6.45, 7) is 3.60. The van der Waals surface area contributed by atoms with Gasteiger partial charge < -0.3 is 5.32 Å². The van der Waals surface area contributed by atoms with Gasteiger partial charge in [-0.25, -0.2) is 0 Å². The average molecular weight is 125 g/mol. The van der Waals surface area contributed by atoms with Crippen LogP contribution in [0.15, 0.2) is 12.7 Å². The number of β-lactam (4-membered cyclic amide) rings is 1. The molecule has 0 spiro atoms. The van der Waals surface area contributed by atoms with Crippen molar-refractivity contribution in [2.75, 3.05) is 0 Å². The van der Waals surface area contributed by atoms with E-state index in [2.05, 4.69) is 11.9 Å². The van der Waals surface area contributed by atoms with Crippen molar-refractivity contribution < 1.29 is 4.79 Å². The fourth-order valence-electron chi connectivity index (χ4n) is 0.924. The van der Waals surface area contributed by atoms with Crippen LogP contribution in [0.1, 0.15) is 19.3 Å². The van der Waals surface area contributed by atoms with Gasteiger partial charge in [-0.05, 0) is 12.8 Å². The molecular formula is C7H11NO. The molecule has 2 heteroatoms. The molecule has 2 nitrogen and oxygen atoms in total. The second-order valence-electron chi connectivity index (χ2n) is 2.33. The highest BCUT2D eigenvalue weighted by Crippen LogP contribution is 2.09. The van der Waals surface area contributed by atoms with Gasteiger partial charge in [0, 0.05) is 12.5 Å². The lowest BCUT2D eigenvalue weighted by atomic mass is 10.0. The Hall–Kier alpha value is -0.790. The zero-order valence-electron chi connectivity index (χ0n) is 5.39. The summed E-state index contributed by atoms with van der Waals surface area (Å²) < 4.78 is 0. The molecule has 0 aromatic rings. The molecule has 1 rings (SSSR count). The fraction of sp³-hybridized carbons (Fsp3) is 0.571. The lowest BCUT2D eigenvalue weighted by Gasteiger charge is -2.26. The Balaban J connectivity index is 2.03. The number of hydrogen-bond donors (Lipinski definition) is 1. The molecule has 1 saturated heterocycles. The van der Waals surface area contributed by atoms with Gasteiger partial charge in [-0.15, -0.1) is 6.58 Å². The molecule has 0 unspecified atom stereocenters. The van der Waals surface area contributed by atoms with Crippen molar-refractivity contribution in [3.63, 3.8) is 0 Å². The van der Waals surface area contributed by atoms with Crippen LogP contribution >= 0.6 is 0 Å². The van der Waals surface area contributed by atoms with Crippen LogP contribution in [0.5, 0.6) is 0 Å². The first kappa shape index (κ1) is 6.33. The summed E-state index contributed by atoms with van der Waals surface area (Å²) >= 11 is 0. The molecule has 1 aliphatic heterocycles. The predicted molar refractivity (Wildman–Crippen MR) is 36.0 cm³/mol. The number of carbonyl (C=O) groups is 1. The molecule has 0 aromatic carbocycles. The summed E-state index contributed by atoms with van der Waals surface area (Å²) in [6, 6.07) is 0.440. The van der Waals surface area contributed by atoms with Crippen LogP contribution in [0.25, 0.3) is 0 Å². The Morgan fingerprint density at radius 2 is 2.56 bits per heavy atom. The third-order valence-corrected chi connectivity index (χ3v) is 1.52. The molecule has 1 heterocycles. The molecule has 0 aromatic heterocycles. The normalized spacial score (nSPS) is 24.4. The summed E-state index contributed by atoms with van der Waals surface area (Å²) in [5.74, 6) is 0.184. The van der Waals surface area contributed by atoms with Crippen LogP contribution in [0.2, 0.25) is 0 Å². The van der Waals surface area contributed by atoms with E-state index in [9.17, 15) is 4.79 Å². The number of allylic oxidation sites excluding steroid dienone is 1. The molecule has 0 saturated carbocycles. The van der Waals surface area contributed by atoms with Crippen molar-refractivity contribution in [2.45, 2.75) is 25.3 Å². The van der Waals surface area contributed by atoms with E-state index in [0.29, 0.717) is 12.5 Å². The first-order valence-corrected chi connectivity index (χ1v) is 3.23. The van der Waals surface area contributed by atoms with Gasteiger partial charge in [0.1, 0.15) is 0 Å². The van der Waals surface area contributed by atoms with Crippen molar-refractivity contribution in [3.05, 3.63) is 12.7 Å². The van der Waals surface area contributed by atoms with Crippen LogP contribution in [0, 0.1) is 0 Å². The van der Waals surface area contributed by atoms with E-state index < -0.39 is 0 Å². The molecule has 1 aliphatic rings. The minimum Gasteiger partial charge on any atom is -0.353 e. The molecule has 1 fully saturated rings. The van der Waals surface area contributed by atoms with Crippen molar-refractivity contribution >= 4 is 5.91 Å². The number of rotatable bonds is 3. The molecule has 0 bridgehead atoms. The SMILES string of the molecule is C=CCC[C@@H]1CC(=O)N1. The number of carbonyl (C=O) groups excluding carboxylic acids is 1. The van der Waals surface area contributed by atoms with E-state index in [0.717, 1.165) is 12.8 Å². The van der Waals surface area contributed by atoms with Crippen LogP contribution in [0.3, 0.4) is 0 Å². The first-order chi connectivity index (χ1) is 4.33. The summed E-state index contributed by atoms with van der Waals surface area (Å²) in [5.41, 5.74) is 0. The van der Waals surface area contributed by atoms with Gasteiger partial charge in [0.2, 0.25) is 5.91 Å². The molecule has 0 aliphatic carbocycles. The van der Waals surface area contributed by atoms with Gasteiger partial charge in [-0.1, -0.05) is 6.08 Å². The monoisotopic (exact) mass is 125 g/mol. The molecule has 1 atom stereocenters. The van der Waals surface area contributed by atoms with Crippen molar-refractivity contribution in [1.82, 2.24) is 5.32 Å². The summed E-state index contributed by atoms with van der Waals surface area (Å²) in [4.78, 5) is 10.3. The van der Waals surface area contributed by atoms with Gasteiger partial charge >= 0.3 is 0 Å². The Morgan fingerprint density at radius 3 is 3.00 bits per heavy atom. The highest BCUT2D eigenvalue weighted by molar-refractivity contribution is 5.82. The van der Waals surface area contributed by atoms with E-state index >= 15 is 0 Å². The predicted octanol–water partition coefficient (Wildman–Crippen LogP) is 0.841. The standard InChI is InChI=1S/C7H11NO/c1-2-3-4-6-5-7(9)8-6/h2,6H,1,3-5H2,(H,8,9)/t6-/m1/s1. The quantitative estimate of drug-likeness (QED) is 0.439. The summed E-state index contributed by atoms with van der Waals surface area (Å²) in [7, 11) is 0. The van der Waals surface area contributed by atoms with E-state index in [-0.39, 0.29) is 5.91 Å². The Kier molecular flexibility index (Phi) is 1.88. The third-order valence-electron chi connectivity index (χ3n) is 1.52. The topological polar surface area (TPSA) is 29.1 Å². The van der Waals surface area contributed by atoms with Crippen molar-refractivity contribution in [1.29, 1.82) is 0 Å². The third kappa shape index (κ3) is 1.56. The number of nitrogens with one attached hydrogen (secondary N) is 1. The lowest BCUT2D eigenvalue weighted by molar-refractivity contribution is -0.128. The second-order valence-corrected chi connectivity index (χ2v) is 2.33. The number of hydrogen-bond acceptors (Lipinski definition) is 1. The van der Waals surface area contributed by atoms with Crippen LogP contribution < -0.4 is 5.32 Å². The maximum atomic E-state index is 10.3. The minimum absolute atomic E-state index is 0.184. The van der Waals surface area contributed by atoms with Crippen LogP contribution in [-0.4, -0.2) is 11.9 Å². The van der Waals surface area contributed by atoms with Crippen molar-refractivity contribution in [2.24, 2.45) is 0 Å². The largest absolute Gasteiger partial charge is 0.353 e. The van der Waals surface area contributed by atoms with Gasteiger partial charge in [-0.3, -0.25) is 4.79 Å². The molecule has 1 N–H and O–H groups in total. The van der Waals surface area contributed by atoms with Gasteiger partial charge in [0.15, 0.2) is 0 Å². The van der Waals surface area contributed by atoms with E-state index in [1.54, 1.807) is 0 Å². The molecular weight excluding hydrogens is 114 g/mol. The van der Waals surface area contributed by atoms with E-state index in [1.807, 2.05) is 6.08 Å². The maximum absolute atomic E-state index is 10.3. The van der Waals surface area contributed by atoms with Gasteiger partial charge in [0.25, 0.3) is 0 Å². The highest BCUT2D eigenvalue weighted by atomic mass is 16.2. The Morgan fingerprint density at radius 1 is 1.89 bits per heavy atom. The van der Waals surface area contributed by atoms with E-state index in [1.165, 1.54) is 0 Å². The molecule has 50 valence electrons. The van der Waals surface area contributed by atoms with Crippen LogP contribution in [0.4, 0.5) is 0 Å². The second kappa shape index (κ2) is 2.67. The summed E-state index contributed by atoms with van der Waals surface area (Å²) in [6.07, 6.45) is 4.65. The average Bonchev–Trinajstić information content (AvgIpc) is 1.78. The zero-order valence-corrected chi connectivity index (χ0v) is 5.39. The van der Waals surface area contributed by atoms with Crippen LogP contribution in [-0.2, 0) is 4.79 Å². The van der Waals surface area contributed by atoms with Crippen molar-refractivity contribution in [3.8, 4) is 0 Å².